The van der Waals surface area contributed by atoms with Gasteiger partial charge >= 0.3 is 0 Å². The van der Waals surface area contributed by atoms with Crippen molar-refractivity contribution in [1.82, 2.24) is 0 Å². The number of rotatable bonds is 6. The molecule has 3 heteroatoms. The van der Waals surface area contributed by atoms with Crippen LogP contribution in [-0.4, -0.2) is 19.4 Å². The third-order valence-corrected chi connectivity index (χ3v) is 3.45. The number of aryl methyl sites for hydroxylation is 1. The van der Waals surface area contributed by atoms with Gasteiger partial charge < -0.3 is 10.5 Å². The van der Waals surface area contributed by atoms with Crippen molar-refractivity contribution in [1.29, 1.82) is 0 Å². The van der Waals surface area contributed by atoms with Crippen molar-refractivity contribution in [2.24, 2.45) is 11.7 Å². The molecule has 2 N–H and O–H groups in total. The Bertz CT molecular complexity index is 427. The van der Waals surface area contributed by atoms with E-state index in [9.17, 15) is 4.79 Å². The number of carbonyl (C=O) groups is 1. The van der Waals surface area contributed by atoms with Crippen molar-refractivity contribution >= 4 is 5.78 Å². The van der Waals surface area contributed by atoms with Gasteiger partial charge in [-0.05, 0) is 49.9 Å². The monoisotopic (exact) mass is 249 g/mol. The molecule has 0 aliphatic heterocycles. The Morgan fingerprint density at radius 2 is 2.06 bits per heavy atom. The largest absolute Gasteiger partial charge is 0.496 e. The van der Waals surface area contributed by atoms with E-state index in [4.69, 9.17) is 10.5 Å². The maximum Gasteiger partial charge on any atom is 0.166 e. The molecule has 1 aromatic carbocycles. The molecule has 1 atom stereocenters. The normalized spacial score (nSPS) is 12.3. The third-order valence-electron chi connectivity index (χ3n) is 3.45. The molecule has 0 aliphatic carbocycles. The van der Waals surface area contributed by atoms with Crippen molar-refractivity contribution in [3.8, 4) is 5.75 Å². The second kappa shape index (κ2) is 6.55. The molecule has 1 rings (SSSR count). The van der Waals surface area contributed by atoms with E-state index in [1.807, 2.05) is 26.0 Å². The molecule has 0 aliphatic rings. The predicted octanol–water partition coefficient (Wildman–Crippen LogP) is 2.87. The second-order valence-electron chi connectivity index (χ2n) is 4.89. The fourth-order valence-corrected chi connectivity index (χ4v) is 1.90. The van der Waals surface area contributed by atoms with Gasteiger partial charge in [-0.1, -0.05) is 13.0 Å². The molecule has 1 unspecified atom stereocenters. The van der Waals surface area contributed by atoms with E-state index in [0.717, 1.165) is 17.5 Å². The van der Waals surface area contributed by atoms with E-state index in [1.165, 1.54) is 0 Å². The summed E-state index contributed by atoms with van der Waals surface area (Å²) in [5, 5.41) is 0. The number of benzene rings is 1. The van der Waals surface area contributed by atoms with Crippen LogP contribution >= 0.6 is 0 Å². The Balaban J connectivity index is 2.89. The molecule has 0 amide bonds. The molecule has 0 spiro atoms. The molecule has 0 heterocycles. The van der Waals surface area contributed by atoms with E-state index in [0.29, 0.717) is 30.2 Å². The van der Waals surface area contributed by atoms with Crippen molar-refractivity contribution in [3.05, 3.63) is 28.8 Å². The average Bonchev–Trinajstić information content (AvgIpc) is 2.38. The Kier molecular flexibility index (Phi) is 5.35. The maximum absolute atomic E-state index is 12.2. The number of hydrogen-bond donors (Lipinski definition) is 1. The number of carbonyl (C=O) groups excluding carboxylic acids is 1. The fourth-order valence-electron chi connectivity index (χ4n) is 1.90. The Morgan fingerprint density at radius 3 is 2.61 bits per heavy atom. The van der Waals surface area contributed by atoms with Crippen molar-refractivity contribution in [3.63, 3.8) is 0 Å². The SMILES string of the molecule is COc1c(C(=O)CCC(C)CN)ccc(C)c1C. The topological polar surface area (TPSA) is 52.3 Å². The van der Waals surface area contributed by atoms with E-state index in [2.05, 4.69) is 6.92 Å². The van der Waals surface area contributed by atoms with Gasteiger partial charge in [0, 0.05) is 6.42 Å². The van der Waals surface area contributed by atoms with Gasteiger partial charge in [-0.2, -0.15) is 0 Å². The molecule has 18 heavy (non-hydrogen) atoms. The summed E-state index contributed by atoms with van der Waals surface area (Å²) >= 11 is 0. The number of nitrogens with two attached hydrogens (primary N) is 1. The van der Waals surface area contributed by atoms with E-state index >= 15 is 0 Å². The van der Waals surface area contributed by atoms with Crippen LogP contribution in [0.15, 0.2) is 12.1 Å². The molecule has 0 radical (unpaired) electrons. The molecule has 0 aromatic heterocycles. The van der Waals surface area contributed by atoms with Crippen LogP contribution in [0.5, 0.6) is 5.75 Å². The average molecular weight is 249 g/mol. The number of Topliss-reactive ketones (excluding diaryl/α,β-unsaturated/α-hetero) is 1. The van der Waals surface area contributed by atoms with Gasteiger partial charge in [-0.15, -0.1) is 0 Å². The molecule has 0 bridgehead atoms. The minimum atomic E-state index is 0.134. The van der Waals surface area contributed by atoms with E-state index in [1.54, 1.807) is 7.11 Å². The molecule has 1 aromatic rings. The molecular weight excluding hydrogens is 226 g/mol. The van der Waals surface area contributed by atoms with Crippen LogP contribution in [-0.2, 0) is 0 Å². The molecular formula is C15H23NO2. The summed E-state index contributed by atoms with van der Waals surface area (Å²) in [5.74, 6) is 1.22. The van der Waals surface area contributed by atoms with Gasteiger partial charge in [0.05, 0.1) is 12.7 Å². The maximum atomic E-state index is 12.2. The summed E-state index contributed by atoms with van der Waals surface area (Å²) in [6, 6.07) is 3.83. The van der Waals surface area contributed by atoms with E-state index in [-0.39, 0.29) is 5.78 Å². The van der Waals surface area contributed by atoms with Crippen molar-refractivity contribution in [2.45, 2.75) is 33.6 Å². The summed E-state index contributed by atoms with van der Waals surface area (Å²) in [6.07, 6.45) is 1.35. The summed E-state index contributed by atoms with van der Waals surface area (Å²) in [6.45, 7) is 6.68. The Morgan fingerprint density at radius 1 is 1.39 bits per heavy atom. The van der Waals surface area contributed by atoms with Gasteiger partial charge in [-0.25, -0.2) is 0 Å². The highest BCUT2D eigenvalue weighted by molar-refractivity contribution is 5.99. The highest BCUT2D eigenvalue weighted by atomic mass is 16.5. The first-order chi connectivity index (χ1) is 8.51. The zero-order valence-electron chi connectivity index (χ0n) is 11.7. The summed E-state index contributed by atoms with van der Waals surface area (Å²) in [5.41, 5.74) is 8.42. The van der Waals surface area contributed by atoms with Crippen LogP contribution in [0.1, 0.15) is 41.3 Å². The number of ether oxygens (including phenoxy) is 1. The summed E-state index contributed by atoms with van der Waals surface area (Å²) in [7, 11) is 1.61. The predicted molar refractivity (Wildman–Crippen MR) is 74.3 cm³/mol. The summed E-state index contributed by atoms with van der Waals surface area (Å²) in [4.78, 5) is 12.2. The highest BCUT2D eigenvalue weighted by Gasteiger charge is 2.15. The first-order valence-corrected chi connectivity index (χ1v) is 6.38. The van der Waals surface area contributed by atoms with Crippen molar-refractivity contribution in [2.75, 3.05) is 13.7 Å². The quantitative estimate of drug-likeness (QED) is 0.789. The number of methoxy groups -OCH3 is 1. The second-order valence-corrected chi connectivity index (χ2v) is 4.89. The van der Waals surface area contributed by atoms with Crippen LogP contribution in [0, 0.1) is 19.8 Å². The van der Waals surface area contributed by atoms with Gasteiger partial charge in [0.25, 0.3) is 0 Å². The van der Waals surface area contributed by atoms with Gasteiger partial charge in [-0.3, -0.25) is 4.79 Å². The first kappa shape index (κ1) is 14.7. The zero-order valence-corrected chi connectivity index (χ0v) is 11.7. The molecule has 100 valence electrons. The lowest BCUT2D eigenvalue weighted by Gasteiger charge is -2.13. The minimum absolute atomic E-state index is 0.134. The third kappa shape index (κ3) is 3.33. The minimum Gasteiger partial charge on any atom is -0.496 e. The van der Waals surface area contributed by atoms with Crippen LogP contribution in [0.3, 0.4) is 0 Å². The summed E-state index contributed by atoms with van der Waals surface area (Å²) < 4.78 is 5.37. The lowest BCUT2D eigenvalue weighted by Crippen LogP contribution is -2.13. The molecule has 3 nitrogen and oxygen atoms in total. The smallest absolute Gasteiger partial charge is 0.166 e. The fraction of sp³-hybridized carbons (Fsp3) is 0.533. The molecule has 0 fully saturated rings. The zero-order chi connectivity index (χ0) is 13.7. The van der Waals surface area contributed by atoms with Crippen LogP contribution < -0.4 is 10.5 Å². The molecule has 0 saturated carbocycles. The highest BCUT2D eigenvalue weighted by Crippen LogP contribution is 2.27. The van der Waals surface area contributed by atoms with Gasteiger partial charge in [0.2, 0.25) is 0 Å². The molecule has 0 saturated heterocycles. The number of hydrogen-bond acceptors (Lipinski definition) is 3. The Labute approximate surface area is 109 Å². The van der Waals surface area contributed by atoms with Crippen LogP contribution in [0.25, 0.3) is 0 Å². The van der Waals surface area contributed by atoms with E-state index < -0.39 is 0 Å². The lowest BCUT2D eigenvalue weighted by molar-refractivity contribution is 0.0972. The standard InChI is InChI=1S/C15H23NO2/c1-10(9-16)5-8-14(17)13-7-6-11(2)12(3)15(13)18-4/h6-7,10H,5,8-9,16H2,1-4H3. The van der Waals surface area contributed by atoms with Crippen molar-refractivity contribution < 1.29 is 9.53 Å². The van der Waals surface area contributed by atoms with Crippen LogP contribution in [0.4, 0.5) is 0 Å². The lowest BCUT2D eigenvalue weighted by atomic mass is 9.96. The van der Waals surface area contributed by atoms with Gasteiger partial charge in [0.15, 0.2) is 5.78 Å². The first-order valence-electron chi connectivity index (χ1n) is 6.38. The van der Waals surface area contributed by atoms with Crippen LogP contribution in [0.2, 0.25) is 0 Å². The number of ketones is 1. The Hall–Kier alpha value is -1.35. The van der Waals surface area contributed by atoms with Gasteiger partial charge in [0.1, 0.15) is 5.75 Å².